The molecule has 0 aliphatic rings. The van der Waals surface area contributed by atoms with Gasteiger partial charge in [-0.3, -0.25) is 4.98 Å². The van der Waals surface area contributed by atoms with Gasteiger partial charge in [-0.15, -0.1) is 0 Å². The van der Waals surface area contributed by atoms with Gasteiger partial charge >= 0.3 is 0 Å². The number of carbonyl (C=O) groups excluding carboxylic acids is 1. The van der Waals surface area contributed by atoms with Gasteiger partial charge in [0, 0.05) is 12.4 Å². The van der Waals surface area contributed by atoms with E-state index in [1.807, 2.05) is 36.4 Å². The fourth-order valence-electron chi connectivity index (χ4n) is 1.76. The summed E-state index contributed by atoms with van der Waals surface area (Å²) in [5.41, 5.74) is 1.86. The molecule has 1 atom stereocenters. The summed E-state index contributed by atoms with van der Waals surface area (Å²) in [5, 5.41) is 0. The van der Waals surface area contributed by atoms with Crippen LogP contribution in [0.4, 0.5) is 0 Å². The van der Waals surface area contributed by atoms with Gasteiger partial charge < -0.3 is 9.53 Å². The molecular weight excluding hydrogens is 214 g/mol. The predicted molar refractivity (Wildman–Crippen MR) is 65.1 cm³/mol. The molecule has 2 aromatic rings. The highest BCUT2D eigenvalue weighted by Crippen LogP contribution is 2.25. The highest BCUT2D eigenvalue weighted by atomic mass is 16.5. The Labute approximate surface area is 100 Å². The molecule has 0 fully saturated rings. The Bertz CT molecular complexity index is 497. The average molecular weight is 227 g/mol. The number of carbonyl (C=O) groups is 1. The summed E-state index contributed by atoms with van der Waals surface area (Å²) >= 11 is 0. The van der Waals surface area contributed by atoms with E-state index in [0.717, 1.165) is 23.2 Å². The van der Waals surface area contributed by atoms with E-state index in [1.165, 1.54) is 0 Å². The highest BCUT2D eigenvalue weighted by molar-refractivity contribution is 5.68. The molecule has 3 heteroatoms. The number of nitrogens with zero attached hydrogens (tertiary/aromatic N) is 1. The molecule has 0 saturated heterocycles. The quantitative estimate of drug-likeness (QED) is 0.753. The van der Waals surface area contributed by atoms with Crippen molar-refractivity contribution in [3.63, 3.8) is 0 Å². The van der Waals surface area contributed by atoms with E-state index in [0.29, 0.717) is 0 Å². The lowest BCUT2D eigenvalue weighted by molar-refractivity contribution is -0.108. The smallest absolute Gasteiger partial charge is 0.131 e. The molecule has 1 aromatic carbocycles. The third kappa shape index (κ3) is 2.50. The number of methoxy groups -OCH3 is 1. The number of aromatic nitrogens is 1. The van der Waals surface area contributed by atoms with Crippen molar-refractivity contribution in [1.82, 2.24) is 4.98 Å². The van der Waals surface area contributed by atoms with Crippen molar-refractivity contribution in [2.75, 3.05) is 7.11 Å². The van der Waals surface area contributed by atoms with Crippen molar-refractivity contribution in [3.05, 3.63) is 59.9 Å². The van der Waals surface area contributed by atoms with E-state index in [2.05, 4.69) is 4.98 Å². The largest absolute Gasteiger partial charge is 0.497 e. The number of pyridine rings is 1. The summed E-state index contributed by atoms with van der Waals surface area (Å²) < 4.78 is 5.16. The van der Waals surface area contributed by atoms with E-state index in [4.69, 9.17) is 4.74 Å². The van der Waals surface area contributed by atoms with E-state index in [9.17, 15) is 4.79 Å². The summed E-state index contributed by atoms with van der Waals surface area (Å²) in [6, 6.07) is 11.2. The van der Waals surface area contributed by atoms with E-state index >= 15 is 0 Å². The van der Waals surface area contributed by atoms with Crippen LogP contribution in [0.1, 0.15) is 17.0 Å². The Morgan fingerprint density at radius 1 is 1.18 bits per heavy atom. The normalized spacial score (nSPS) is 11.8. The van der Waals surface area contributed by atoms with Crippen LogP contribution in [-0.2, 0) is 4.79 Å². The summed E-state index contributed by atoms with van der Waals surface area (Å²) in [6.07, 6.45) is 4.31. The van der Waals surface area contributed by atoms with Gasteiger partial charge in [-0.1, -0.05) is 12.1 Å². The van der Waals surface area contributed by atoms with E-state index < -0.39 is 0 Å². The van der Waals surface area contributed by atoms with Gasteiger partial charge in [-0.25, -0.2) is 0 Å². The van der Waals surface area contributed by atoms with Crippen LogP contribution in [0.5, 0.6) is 5.75 Å². The molecular formula is C14H13NO2. The number of aldehydes is 1. The van der Waals surface area contributed by atoms with Gasteiger partial charge in [-0.05, 0) is 35.4 Å². The second-order valence-electron chi connectivity index (χ2n) is 3.67. The molecule has 86 valence electrons. The molecule has 0 saturated carbocycles. The van der Waals surface area contributed by atoms with Crippen molar-refractivity contribution < 1.29 is 9.53 Å². The zero-order valence-electron chi connectivity index (χ0n) is 9.54. The maximum absolute atomic E-state index is 11.2. The van der Waals surface area contributed by atoms with Gasteiger partial charge in [0.25, 0.3) is 0 Å². The molecule has 0 aliphatic heterocycles. The number of hydrogen-bond donors (Lipinski definition) is 0. The summed E-state index contributed by atoms with van der Waals surface area (Å²) in [5.74, 6) is 0.483. The monoisotopic (exact) mass is 227 g/mol. The third-order valence-corrected chi connectivity index (χ3v) is 2.65. The second kappa shape index (κ2) is 5.25. The maximum atomic E-state index is 11.2. The third-order valence-electron chi connectivity index (χ3n) is 2.65. The van der Waals surface area contributed by atoms with Crippen LogP contribution in [0, 0.1) is 0 Å². The Hall–Kier alpha value is -2.16. The first-order valence-corrected chi connectivity index (χ1v) is 5.34. The predicted octanol–water partition coefficient (Wildman–Crippen LogP) is 2.42. The molecule has 0 amide bonds. The second-order valence-corrected chi connectivity index (χ2v) is 3.67. The van der Waals surface area contributed by atoms with Crippen molar-refractivity contribution >= 4 is 6.29 Å². The van der Waals surface area contributed by atoms with Gasteiger partial charge in [0.1, 0.15) is 12.0 Å². The number of rotatable bonds is 4. The standard InChI is InChI=1S/C14H13NO2/c1-17-13-4-2-3-12(9-13)14(10-16)11-5-7-15-8-6-11/h2-10,14H,1H3. The molecule has 1 aromatic heterocycles. The van der Waals surface area contributed by atoms with E-state index in [-0.39, 0.29) is 5.92 Å². The van der Waals surface area contributed by atoms with Crippen LogP contribution in [0.25, 0.3) is 0 Å². The fraction of sp³-hybridized carbons (Fsp3) is 0.143. The summed E-state index contributed by atoms with van der Waals surface area (Å²) in [4.78, 5) is 15.2. The lowest BCUT2D eigenvalue weighted by Crippen LogP contribution is -2.02. The Balaban J connectivity index is 2.38. The lowest BCUT2D eigenvalue weighted by atomic mass is 9.93. The van der Waals surface area contributed by atoms with Gasteiger partial charge in [0.05, 0.1) is 13.0 Å². The van der Waals surface area contributed by atoms with Gasteiger partial charge in [-0.2, -0.15) is 0 Å². The first kappa shape index (κ1) is 11.3. The Morgan fingerprint density at radius 3 is 2.59 bits per heavy atom. The minimum Gasteiger partial charge on any atom is -0.497 e. The summed E-state index contributed by atoms with van der Waals surface area (Å²) in [7, 11) is 1.61. The van der Waals surface area contributed by atoms with Gasteiger partial charge in [0.2, 0.25) is 0 Å². The molecule has 0 spiro atoms. The van der Waals surface area contributed by atoms with Crippen molar-refractivity contribution in [2.45, 2.75) is 5.92 Å². The average Bonchev–Trinajstić information content (AvgIpc) is 2.41. The van der Waals surface area contributed by atoms with Crippen molar-refractivity contribution in [3.8, 4) is 5.75 Å². The topological polar surface area (TPSA) is 39.2 Å². The minimum atomic E-state index is -0.270. The number of benzene rings is 1. The molecule has 0 bridgehead atoms. The van der Waals surface area contributed by atoms with Crippen molar-refractivity contribution in [2.24, 2.45) is 0 Å². The first-order chi connectivity index (χ1) is 8.35. The lowest BCUT2D eigenvalue weighted by Gasteiger charge is -2.11. The Kier molecular flexibility index (Phi) is 3.50. The molecule has 3 nitrogen and oxygen atoms in total. The first-order valence-electron chi connectivity index (χ1n) is 5.34. The molecule has 0 aliphatic carbocycles. The Morgan fingerprint density at radius 2 is 1.94 bits per heavy atom. The SMILES string of the molecule is COc1cccc(C(C=O)c2ccncc2)c1. The van der Waals surface area contributed by atoms with Crippen LogP contribution in [0.15, 0.2) is 48.8 Å². The molecule has 1 unspecified atom stereocenters. The van der Waals surface area contributed by atoms with Crippen LogP contribution >= 0.6 is 0 Å². The number of ether oxygens (including phenoxy) is 1. The van der Waals surface area contributed by atoms with Gasteiger partial charge in [0.15, 0.2) is 0 Å². The molecule has 0 N–H and O–H groups in total. The zero-order chi connectivity index (χ0) is 12.1. The van der Waals surface area contributed by atoms with Crippen LogP contribution in [0.2, 0.25) is 0 Å². The van der Waals surface area contributed by atoms with E-state index in [1.54, 1.807) is 19.5 Å². The minimum absolute atomic E-state index is 0.270. The maximum Gasteiger partial charge on any atom is 0.131 e. The summed E-state index contributed by atoms with van der Waals surface area (Å²) in [6.45, 7) is 0. The van der Waals surface area contributed by atoms with Crippen molar-refractivity contribution in [1.29, 1.82) is 0 Å². The van der Waals surface area contributed by atoms with Crippen LogP contribution < -0.4 is 4.74 Å². The highest BCUT2D eigenvalue weighted by Gasteiger charge is 2.13. The molecule has 17 heavy (non-hydrogen) atoms. The molecule has 2 rings (SSSR count). The number of hydrogen-bond acceptors (Lipinski definition) is 3. The van der Waals surface area contributed by atoms with Crippen LogP contribution in [-0.4, -0.2) is 18.4 Å². The fourth-order valence-corrected chi connectivity index (χ4v) is 1.76. The molecule has 0 radical (unpaired) electrons. The molecule has 1 heterocycles. The van der Waals surface area contributed by atoms with Crippen LogP contribution in [0.3, 0.4) is 0 Å². The zero-order valence-corrected chi connectivity index (χ0v) is 9.54.